The van der Waals surface area contributed by atoms with Gasteiger partial charge in [0, 0.05) is 6.42 Å². The molecule has 2 aromatic carbocycles. The van der Waals surface area contributed by atoms with E-state index in [1.807, 2.05) is 13.8 Å². The van der Waals surface area contributed by atoms with Crippen molar-refractivity contribution in [1.82, 2.24) is 10.2 Å². The van der Waals surface area contributed by atoms with Crippen LogP contribution in [0.15, 0.2) is 42.5 Å². The second kappa shape index (κ2) is 13.2. The molecule has 3 rings (SSSR count). The number of nitrogens with zero attached hydrogens (tertiary/aromatic N) is 1. The van der Waals surface area contributed by atoms with E-state index in [4.69, 9.17) is 15.6 Å². The van der Waals surface area contributed by atoms with E-state index >= 15 is 0 Å². The number of carbonyl (C=O) groups excluding carboxylic acids is 4. The first-order valence-corrected chi connectivity index (χ1v) is 11.5. The van der Waals surface area contributed by atoms with Crippen molar-refractivity contribution >= 4 is 29.4 Å². The first-order valence-electron chi connectivity index (χ1n) is 11.5. The molecule has 1 fully saturated rings. The lowest BCUT2D eigenvalue weighted by molar-refractivity contribution is -0.134. The van der Waals surface area contributed by atoms with E-state index in [-0.39, 0.29) is 31.7 Å². The highest BCUT2D eigenvalue weighted by Crippen LogP contribution is 2.27. The number of aliphatic hydroxyl groups is 1. The van der Waals surface area contributed by atoms with Gasteiger partial charge in [-0.25, -0.2) is 14.1 Å². The highest BCUT2D eigenvalue weighted by atomic mass is 19.1. The van der Waals surface area contributed by atoms with Gasteiger partial charge in [0.05, 0.1) is 12.3 Å². The summed E-state index contributed by atoms with van der Waals surface area (Å²) in [5.74, 6) is -2.48. The fourth-order valence-electron chi connectivity index (χ4n) is 3.53. The lowest BCUT2D eigenvalue weighted by Crippen LogP contribution is -2.48. The van der Waals surface area contributed by atoms with E-state index < -0.39 is 41.7 Å². The van der Waals surface area contributed by atoms with Crippen molar-refractivity contribution in [3.8, 4) is 5.75 Å². The summed E-state index contributed by atoms with van der Waals surface area (Å²) >= 11 is 0. The number of nitrogens with two attached hydrogens (primary N) is 1. The van der Waals surface area contributed by atoms with Crippen molar-refractivity contribution < 1.29 is 33.4 Å². The molecule has 1 saturated heterocycles. The Morgan fingerprint density at radius 2 is 1.86 bits per heavy atom. The van der Waals surface area contributed by atoms with Crippen LogP contribution < -0.4 is 21.1 Å². The maximum atomic E-state index is 14.2. The number of ether oxygens (including phenoxy) is 1. The minimum Gasteiger partial charge on any atom is -0.491 e. The third-order valence-electron chi connectivity index (χ3n) is 5.21. The highest BCUT2D eigenvalue weighted by molar-refractivity contribution is 6.09. The van der Waals surface area contributed by atoms with Crippen molar-refractivity contribution in [2.24, 2.45) is 5.73 Å². The zero-order valence-electron chi connectivity index (χ0n) is 20.4. The lowest BCUT2D eigenvalue weighted by atomic mass is 10.0. The summed E-state index contributed by atoms with van der Waals surface area (Å²) in [6, 6.07) is 7.18. The third-order valence-corrected chi connectivity index (χ3v) is 5.21. The van der Waals surface area contributed by atoms with Crippen LogP contribution >= 0.6 is 0 Å². The smallest absolute Gasteiger partial charge is 0.325 e. The highest BCUT2D eigenvalue weighted by Gasteiger charge is 2.45. The number of halogens is 1. The number of hydrogen-bond donors (Lipinski definition) is 4. The molecule has 0 saturated carbocycles. The normalized spacial score (nSPS) is 15.5. The molecule has 1 aliphatic rings. The quantitative estimate of drug-likeness (QED) is 0.366. The molecule has 36 heavy (non-hydrogen) atoms. The van der Waals surface area contributed by atoms with Crippen LogP contribution in [-0.4, -0.2) is 53.0 Å². The van der Waals surface area contributed by atoms with Gasteiger partial charge in [-0.2, -0.15) is 0 Å². The molecule has 2 atom stereocenters. The van der Waals surface area contributed by atoms with Crippen LogP contribution in [0.5, 0.6) is 5.75 Å². The molecular formula is C25H31FN4O6. The van der Waals surface area contributed by atoms with Gasteiger partial charge in [-0.1, -0.05) is 32.0 Å². The summed E-state index contributed by atoms with van der Waals surface area (Å²) in [7, 11) is 0. The Bertz CT molecular complexity index is 1090. The predicted molar refractivity (Wildman–Crippen MR) is 130 cm³/mol. The first-order chi connectivity index (χ1) is 17.2. The molecule has 0 aliphatic carbocycles. The van der Waals surface area contributed by atoms with Crippen LogP contribution in [0, 0.1) is 12.7 Å². The summed E-state index contributed by atoms with van der Waals surface area (Å²) < 4.78 is 19.5. The van der Waals surface area contributed by atoms with Crippen LogP contribution in [-0.2, 0) is 14.4 Å². The zero-order valence-corrected chi connectivity index (χ0v) is 20.4. The van der Waals surface area contributed by atoms with Crippen LogP contribution in [0.1, 0.15) is 43.9 Å². The first kappa shape index (κ1) is 28.2. The van der Waals surface area contributed by atoms with Gasteiger partial charge < -0.3 is 26.2 Å². The van der Waals surface area contributed by atoms with Gasteiger partial charge in [0.15, 0.2) is 0 Å². The summed E-state index contributed by atoms with van der Waals surface area (Å²) in [4.78, 5) is 50.9. The summed E-state index contributed by atoms with van der Waals surface area (Å²) in [6.07, 6.45) is -0.498. The van der Waals surface area contributed by atoms with Crippen molar-refractivity contribution in [3.05, 3.63) is 59.4 Å². The number of rotatable bonds is 10. The van der Waals surface area contributed by atoms with Gasteiger partial charge in [0.25, 0.3) is 5.91 Å². The van der Waals surface area contributed by atoms with E-state index in [0.29, 0.717) is 16.9 Å². The largest absolute Gasteiger partial charge is 0.491 e. The van der Waals surface area contributed by atoms with Crippen LogP contribution in [0.3, 0.4) is 0 Å². The topological polar surface area (TPSA) is 151 Å². The molecule has 0 bridgehead atoms. The average molecular weight is 503 g/mol. The van der Waals surface area contributed by atoms with E-state index in [1.165, 1.54) is 12.1 Å². The third kappa shape index (κ3) is 7.01. The lowest BCUT2D eigenvalue weighted by Gasteiger charge is -2.24. The Kier molecular flexibility index (Phi) is 10.4. The number of urea groups is 1. The Morgan fingerprint density at radius 3 is 2.44 bits per heavy atom. The predicted octanol–water partition coefficient (Wildman–Crippen LogP) is 2.40. The summed E-state index contributed by atoms with van der Waals surface area (Å²) in [5.41, 5.74) is 6.17. The van der Waals surface area contributed by atoms with Crippen LogP contribution in [0.2, 0.25) is 0 Å². The van der Waals surface area contributed by atoms with E-state index in [9.17, 15) is 23.6 Å². The number of hydrogen-bond acceptors (Lipinski definition) is 6. The van der Waals surface area contributed by atoms with Gasteiger partial charge in [-0.3, -0.25) is 14.4 Å². The SMILES string of the molecule is CC.Cc1ccc(NC(=O)C(CCC(N)=O)N2C(=O)N[C@H](c3ccc(OCCO)cc3)C2=O)c(F)c1. The number of carbonyl (C=O) groups is 4. The van der Waals surface area contributed by atoms with E-state index in [1.54, 1.807) is 37.3 Å². The molecule has 194 valence electrons. The van der Waals surface area contributed by atoms with E-state index in [0.717, 1.165) is 4.90 Å². The number of amides is 5. The Hall–Kier alpha value is -3.99. The molecule has 1 heterocycles. The molecule has 11 heteroatoms. The van der Waals surface area contributed by atoms with Gasteiger partial charge in [-0.05, 0) is 48.7 Å². The molecule has 10 nitrogen and oxygen atoms in total. The standard InChI is InChI=1S/C23H25FN4O6.C2H6/c1-13-2-7-17(16(24)12-13)26-21(31)18(8-9-19(25)30)28-22(32)20(27-23(28)33)14-3-5-15(6-4-14)34-11-10-29;1-2/h2-7,12,18,20,29H,8-11H2,1H3,(H2,25,30)(H,26,31)(H,27,33);1-2H3/t18?,20-;/m1./s1. The Morgan fingerprint density at radius 1 is 1.19 bits per heavy atom. The zero-order chi connectivity index (χ0) is 26.8. The van der Waals surface area contributed by atoms with Crippen molar-refractivity contribution in [3.63, 3.8) is 0 Å². The van der Waals surface area contributed by atoms with Gasteiger partial charge in [0.1, 0.15) is 30.3 Å². The molecule has 1 unspecified atom stereocenters. The summed E-state index contributed by atoms with van der Waals surface area (Å²) in [5, 5.41) is 13.7. The van der Waals surface area contributed by atoms with Gasteiger partial charge >= 0.3 is 6.03 Å². The fourth-order valence-corrected chi connectivity index (χ4v) is 3.53. The number of imide groups is 1. The monoisotopic (exact) mass is 502 g/mol. The maximum absolute atomic E-state index is 14.2. The maximum Gasteiger partial charge on any atom is 0.325 e. The number of benzene rings is 2. The average Bonchev–Trinajstić information content (AvgIpc) is 3.15. The molecule has 0 radical (unpaired) electrons. The molecular weight excluding hydrogens is 471 g/mol. The number of anilines is 1. The van der Waals surface area contributed by atoms with Gasteiger partial charge in [-0.15, -0.1) is 0 Å². The van der Waals surface area contributed by atoms with Crippen molar-refractivity contribution in [2.45, 2.75) is 45.7 Å². The van der Waals surface area contributed by atoms with Crippen LogP contribution in [0.25, 0.3) is 0 Å². The van der Waals surface area contributed by atoms with Crippen molar-refractivity contribution in [1.29, 1.82) is 0 Å². The number of nitrogens with one attached hydrogen (secondary N) is 2. The summed E-state index contributed by atoms with van der Waals surface area (Å²) in [6.45, 7) is 5.63. The second-order valence-corrected chi connectivity index (χ2v) is 7.73. The van der Waals surface area contributed by atoms with Crippen molar-refractivity contribution in [2.75, 3.05) is 18.5 Å². The Balaban J connectivity index is 0.00000222. The molecule has 0 spiro atoms. The second-order valence-electron chi connectivity index (χ2n) is 7.73. The molecule has 2 aromatic rings. The number of aliphatic hydroxyl groups excluding tert-OH is 1. The minimum atomic E-state index is -1.39. The molecule has 0 aromatic heterocycles. The minimum absolute atomic E-state index is 0.102. The fraction of sp³-hybridized carbons (Fsp3) is 0.360. The molecule has 1 aliphatic heterocycles. The van der Waals surface area contributed by atoms with E-state index in [2.05, 4.69) is 10.6 Å². The Labute approximate surface area is 208 Å². The molecule has 5 amide bonds. The van der Waals surface area contributed by atoms with Gasteiger partial charge in [0.2, 0.25) is 11.8 Å². The number of primary amides is 1. The van der Waals surface area contributed by atoms with Crippen LogP contribution in [0.4, 0.5) is 14.9 Å². The number of aryl methyl sites for hydroxylation is 1. The molecule has 5 N–H and O–H groups in total.